The highest BCUT2D eigenvalue weighted by Crippen LogP contribution is 2.08. The van der Waals surface area contributed by atoms with Gasteiger partial charge in [0.25, 0.3) is 5.43 Å². The average molecular weight is 186 g/mol. The standard InChI is InChI=1S/C8H2N4O2/c13-5-4-7(12-8(5)14)10-3-1-2-9-6(3)11-4/h1-2H. The smallest absolute Gasteiger partial charge is 0.281 e. The minimum absolute atomic E-state index is 0.00111. The van der Waals surface area contributed by atoms with E-state index in [0.29, 0.717) is 11.2 Å². The van der Waals surface area contributed by atoms with E-state index in [1.165, 1.54) is 6.20 Å². The zero-order chi connectivity index (χ0) is 9.71. The van der Waals surface area contributed by atoms with Crippen LogP contribution in [0.5, 0.6) is 0 Å². The van der Waals surface area contributed by atoms with E-state index < -0.39 is 11.0 Å². The molecule has 3 heterocycles. The van der Waals surface area contributed by atoms with Crippen molar-refractivity contribution in [1.82, 2.24) is 19.9 Å². The molecule has 0 N–H and O–H groups in total. The minimum atomic E-state index is -0.812. The van der Waals surface area contributed by atoms with Crippen LogP contribution in [0.3, 0.4) is 0 Å². The maximum atomic E-state index is 11.2. The number of rotatable bonds is 0. The Bertz CT molecular complexity index is 727. The third-order valence-electron chi connectivity index (χ3n) is 1.93. The van der Waals surface area contributed by atoms with Crippen molar-refractivity contribution in [2.45, 2.75) is 0 Å². The van der Waals surface area contributed by atoms with Gasteiger partial charge in [-0.1, -0.05) is 0 Å². The number of aromatic nitrogens is 4. The molecule has 0 saturated carbocycles. The summed E-state index contributed by atoms with van der Waals surface area (Å²) in [4.78, 5) is 37.3. The van der Waals surface area contributed by atoms with E-state index in [0.717, 1.165) is 0 Å². The van der Waals surface area contributed by atoms with Gasteiger partial charge in [0.05, 0.1) is 0 Å². The fourth-order valence-corrected chi connectivity index (χ4v) is 1.29. The summed E-state index contributed by atoms with van der Waals surface area (Å²) in [5.74, 6) is 0. The number of nitrogens with zero attached hydrogens (tertiary/aromatic N) is 4. The molecular weight excluding hydrogens is 184 g/mol. The molecule has 0 unspecified atom stereocenters. The molecule has 6 nitrogen and oxygen atoms in total. The molecule has 0 fully saturated rings. The topological polar surface area (TPSA) is 85.7 Å². The first kappa shape index (κ1) is 7.19. The second-order valence-corrected chi connectivity index (χ2v) is 2.80. The molecular formula is C8H2N4O2. The molecule has 0 radical (unpaired) electrons. The van der Waals surface area contributed by atoms with Crippen LogP contribution in [0.2, 0.25) is 0 Å². The summed E-state index contributed by atoms with van der Waals surface area (Å²) in [5, 5.41) is 0. The Kier molecular flexibility index (Phi) is 1.11. The van der Waals surface area contributed by atoms with Gasteiger partial charge in [0.2, 0.25) is 0 Å². The Morgan fingerprint density at radius 2 is 1.86 bits per heavy atom. The van der Waals surface area contributed by atoms with Crippen LogP contribution >= 0.6 is 0 Å². The van der Waals surface area contributed by atoms with E-state index >= 15 is 0 Å². The van der Waals surface area contributed by atoms with Gasteiger partial charge in [0, 0.05) is 6.20 Å². The first-order chi connectivity index (χ1) is 6.75. The zero-order valence-corrected chi connectivity index (χ0v) is 6.76. The van der Waals surface area contributed by atoms with Gasteiger partial charge in [-0.25, -0.2) is 15.0 Å². The van der Waals surface area contributed by atoms with Gasteiger partial charge in [0.1, 0.15) is 5.52 Å². The largest absolute Gasteiger partial charge is 0.321 e. The van der Waals surface area contributed by atoms with Crippen LogP contribution in [0.4, 0.5) is 0 Å². The Labute approximate surface area is 76.0 Å². The van der Waals surface area contributed by atoms with Crippen LogP contribution in [-0.2, 0) is 0 Å². The Morgan fingerprint density at radius 1 is 1.00 bits per heavy atom. The summed E-state index contributed by atoms with van der Waals surface area (Å²) < 4.78 is 0. The van der Waals surface area contributed by atoms with Crippen LogP contribution in [-0.4, -0.2) is 19.9 Å². The summed E-state index contributed by atoms with van der Waals surface area (Å²) in [5.41, 5.74) is -0.524. The molecule has 0 aliphatic heterocycles. The SMILES string of the molecule is O=c1nc2nc3ccnc3nc2c1=O. The van der Waals surface area contributed by atoms with Gasteiger partial charge in [-0.2, -0.15) is 4.98 Å². The van der Waals surface area contributed by atoms with Crippen LogP contribution < -0.4 is 11.0 Å². The number of hydrogen-bond donors (Lipinski definition) is 0. The van der Waals surface area contributed by atoms with Gasteiger partial charge in [-0.05, 0) is 6.07 Å². The van der Waals surface area contributed by atoms with Crippen LogP contribution in [0.1, 0.15) is 0 Å². The predicted octanol–water partition coefficient (Wildman–Crippen LogP) is -0.831. The quantitative estimate of drug-likeness (QED) is 0.426. The van der Waals surface area contributed by atoms with Crippen molar-refractivity contribution in [3.8, 4) is 0 Å². The zero-order valence-electron chi connectivity index (χ0n) is 6.76. The van der Waals surface area contributed by atoms with Gasteiger partial charge >= 0.3 is 5.56 Å². The van der Waals surface area contributed by atoms with Crippen LogP contribution in [0.25, 0.3) is 22.3 Å². The van der Waals surface area contributed by atoms with Crippen molar-refractivity contribution in [2.24, 2.45) is 0 Å². The molecule has 3 aromatic heterocycles. The number of fused-ring (bicyclic) bond motifs is 2. The van der Waals surface area contributed by atoms with E-state index in [1.54, 1.807) is 6.07 Å². The second kappa shape index (κ2) is 2.16. The monoisotopic (exact) mass is 186 g/mol. The van der Waals surface area contributed by atoms with Crippen molar-refractivity contribution in [3.63, 3.8) is 0 Å². The summed E-state index contributed by atoms with van der Waals surface area (Å²) in [6.07, 6.45) is 1.53. The van der Waals surface area contributed by atoms with E-state index in [-0.39, 0.29) is 11.2 Å². The molecule has 0 saturated heterocycles. The van der Waals surface area contributed by atoms with Gasteiger partial charge in [-0.15, -0.1) is 0 Å². The lowest BCUT2D eigenvalue weighted by molar-refractivity contribution is 1.28. The molecule has 0 bridgehead atoms. The van der Waals surface area contributed by atoms with E-state index in [9.17, 15) is 9.59 Å². The summed E-state index contributed by atoms with van der Waals surface area (Å²) in [6, 6.07) is 1.64. The molecule has 3 aromatic rings. The van der Waals surface area contributed by atoms with E-state index in [2.05, 4.69) is 19.9 Å². The molecule has 0 aliphatic carbocycles. The molecule has 66 valence electrons. The third-order valence-corrected chi connectivity index (χ3v) is 1.93. The van der Waals surface area contributed by atoms with Crippen molar-refractivity contribution in [3.05, 3.63) is 32.8 Å². The Balaban J connectivity index is 2.69. The third kappa shape index (κ3) is 0.743. The van der Waals surface area contributed by atoms with Crippen molar-refractivity contribution < 1.29 is 0 Å². The molecule has 6 heteroatoms. The van der Waals surface area contributed by atoms with E-state index in [1.807, 2.05) is 0 Å². The minimum Gasteiger partial charge on any atom is -0.281 e. The Hall–Kier alpha value is -2.24. The highest BCUT2D eigenvalue weighted by atomic mass is 16.2. The van der Waals surface area contributed by atoms with Gasteiger partial charge in [-0.3, -0.25) is 9.59 Å². The van der Waals surface area contributed by atoms with Crippen LogP contribution in [0, 0.1) is 0 Å². The number of hydrogen-bond acceptors (Lipinski definition) is 6. The van der Waals surface area contributed by atoms with Crippen molar-refractivity contribution in [2.75, 3.05) is 0 Å². The van der Waals surface area contributed by atoms with Crippen LogP contribution in [0.15, 0.2) is 21.9 Å². The van der Waals surface area contributed by atoms with Gasteiger partial charge in [0.15, 0.2) is 16.8 Å². The maximum Gasteiger partial charge on any atom is 0.321 e. The maximum absolute atomic E-state index is 11.2. The lowest BCUT2D eigenvalue weighted by Gasteiger charge is -1.86. The fourth-order valence-electron chi connectivity index (χ4n) is 1.29. The van der Waals surface area contributed by atoms with Crippen molar-refractivity contribution >= 4 is 22.3 Å². The van der Waals surface area contributed by atoms with Crippen molar-refractivity contribution in [1.29, 1.82) is 0 Å². The molecule has 0 aromatic carbocycles. The second-order valence-electron chi connectivity index (χ2n) is 2.80. The molecule has 0 aliphatic rings. The molecule has 14 heavy (non-hydrogen) atoms. The molecule has 0 spiro atoms. The molecule has 0 amide bonds. The summed E-state index contributed by atoms with van der Waals surface area (Å²) in [7, 11) is 0. The molecule has 3 rings (SSSR count). The molecule has 0 atom stereocenters. The first-order valence-corrected chi connectivity index (χ1v) is 3.85. The predicted molar refractivity (Wildman–Crippen MR) is 47.5 cm³/mol. The average Bonchev–Trinajstić information content (AvgIpc) is 2.70. The van der Waals surface area contributed by atoms with Gasteiger partial charge < -0.3 is 0 Å². The van der Waals surface area contributed by atoms with E-state index in [4.69, 9.17) is 0 Å². The normalized spacial score (nSPS) is 11.4. The Morgan fingerprint density at radius 3 is 2.71 bits per heavy atom. The fraction of sp³-hybridized carbons (Fsp3) is 0. The highest BCUT2D eigenvalue weighted by Gasteiger charge is 2.11. The summed E-state index contributed by atoms with van der Waals surface area (Å²) >= 11 is 0. The first-order valence-electron chi connectivity index (χ1n) is 3.85. The lowest BCUT2D eigenvalue weighted by Crippen LogP contribution is -2.19. The lowest BCUT2D eigenvalue weighted by atomic mass is 10.4. The summed E-state index contributed by atoms with van der Waals surface area (Å²) in [6.45, 7) is 0. The highest BCUT2D eigenvalue weighted by molar-refractivity contribution is 5.82.